The van der Waals surface area contributed by atoms with E-state index >= 15 is 0 Å². The van der Waals surface area contributed by atoms with Gasteiger partial charge in [-0.2, -0.15) is 0 Å². The Morgan fingerprint density at radius 2 is 2.04 bits per heavy atom. The van der Waals surface area contributed by atoms with Gasteiger partial charge < -0.3 is 19.9 Å². The van der Waals surface area contributed by atoms with E-state index in [1.54, 1.807) is 11.9 Å². The number of nitrogens with one attached hydrogen (secondary N) is 1. The minimum atomic E-state index is -0.438. The maximum absolute atomic E-state index is 12.3. The van der Waals surface area contributed by atoms with Gasteiger partial charge >= 0.3 is 0 Å². The van der Waals surface area contributed by atoms with Crippen molar-refractivity contribution in [3.63, 3.8) is 0 Å². The summed E-state index contributed by atoms with van der Waals surface area (Å²) in [5.41, 5.74) is 0.656. The smallest absolute Gasteiger partial charge is 0.246 e. The maximum atomic E-state index is 12.3. The summed E-state index contributed by atoms with van der Waals surface area (Å²) in [7, 11) is 1.65. The monoisotopic (exact) mass is 374 g/mol. The number of hydrogen-bond acceptors (Lipinski definition) is 5. The number of fused-ring (bicyclic) bond motifs is 1. The number of amides is 3. The molecule has 0 aromatic heterocycles. The number of likely N-dealkylation sites (N-methyl/N-ethyl adjacent to an activating group) is 1. The Balaban J connectivity index is 1.53. The van der Waals surface area contributed by atoms with E-state index in [4.69, 9.17) is 4.74 Å². The number of anilines is 1. The molecule has 8 nitrogen and oxygen atoms in total. The highest BCUT2D eigenvalue weighted by Gasteiger charge is 2.41. The molecule has 0 radical (unpaired) electrons. The Morgan fingerprint density at radius 3 is 2.81 bits per heavy atom. The van der Waals surface area contributed by atoms with Crippen molar-refractivity contribution in [3.8, 4) is 5.75 Å². The van der Waals surface area contributed by atoms with Crippen molar-refractivity contribution in [1.29, 1.82) is 0 Å². The Bertz CT molecular complexity index is 723. The van der Waals surface area contributed by atoms with Crippen molar-refractivity contribution in [2.24, 2.45) is 0 Å². The van der Waals surface area contributed by atoms with Crippen LogP contribution in [-0.4, -0.2) is 84.8 Å². The molecule has 2 heterocycles. The summed E-state index contributed by atoms with van der Waals surface area (Å²) < 4.78 is 5.52. The Hall–Kier alpha value is -2.61. The molecule has 2 saturated heterocycles. The fourth-order valence-electron chi connectivity index (χ4n) is 3.50. The van der Waals surface area contributed by atoms with E-state index in [2.05, 4.69) is 10.2 Å². The summed E-state index contributed by atoms with van der Waals surface area (Å²) in [4.78, 5) is 42.0. The van der Waals surface area contributed by atoms with Crippen LogP contribution in [0.2, 0.25) is 0 Å². The van der Waals surface area contributed by atoms with E-state index in [9.17, 15) is 14.4 Å². The van der Waals surface area contributed by atoms with E-state index in [0.29, 0.717) is 50.6 Å². The molecule has 27 heavy (non-hydrogen) atoms. The van der Waals surface area contributed by atoms with E-state index in [0.717, 1.165) is 0 Å². The van der Waals surface area contributed by atoms with Gasteiger partial charge in [-0.3, -0.25) is 19.3 Å². The molecule has 1 aromatic rings. The lowest BCUT2D eigenvalue weighted by molar-refractivity contribution is -0.158. The van der Waals surface area contributed by atoms with E-state index in [1.165, 1.54) is 4.90 Å². The zero-order valence-electron chi connectivity index (χ0n) is 15.8. The molecule has 8 heteroatoms. The third-order valence-corrected chi connectivity index (χ3v) is 4.93. The second kappa shape index (κ2) is 8.39. The van der Waals surface area contributed by atoms with Gasteiger partial charge in [-0.25, -0.2) is 0 Å². The molecule has 2 fully saturated rings. The van der Waals surface area contributed by atoms with Gasteiger partial charge in [0.25, 0.3) is 0 Å². The number of nitrogens with zero attached hydrogens (tertiary/aromatic N) is 3. The molecular weight excluding hydrogens is 348 g/mol. The number of para-hydroxylation sites is 2. The van der Waals surface area contributed by atoms with Crippen LogP contribution < -0.4 is 10.1 Å². The van der Waals surface area contributed by atoms with Gasteiger partial charge in [-0.1, -0.05) is 12.1 Å². The molecule has 3 amide bonds. The summed E-state index contributed by atoms with van der Waals surface area (Å²) in [5.74, 6) is 0.505. The highest BCUT2D eigenvalue weighted by atomic mass is 16.5. The predicted octanol–water partition coefficient (Wildman–Crippen LogP) is 0.399. The molecule has 0 aliphatic carbocycles. The summed E-state index contributed by atoms with van der Waals surface area (Å²) in [5, 5.41) is 2.88. The third-order valence-electron chi connectivity index (χ3n) is 4.93. The Labute approximate surface area is 159 Å². The second-order valence-corrected chi connectivity index (χ2v) is 6.83. The molecule has 1 aromatic carbocycles. The lowest BCUT2D eigenvalue weighted by Gasteiger charge is -2.45. The summed E-state index contributed by atoms with van der Waals surface area (Å²) in [6.07, 6.45) is 0.311. The van der Waals surface area contributed by atoms with E-state index < -0.39 is 6.04 Å². The third kappa shape index (κ3) is 4.39. The van der Waals surface area contributed by atoms with Crippen LogP contribution in [-0.2, 0) is 14.4 Å². The van der Waals surface area contributed by atoms with E-state index in [-0.39, 0.29) is 24.3 Å². The van der Waals surface area contributed by atoms with E-state index in [1.807, 2.05) is 31.2 Å². The fourth-order valence-corrected chi connectivity index (χ4v) is 3.50. The van der Waals surface area contributed by atoms with Crippen LogP contribution in [0.1, 0.15) is 13.3 Å². The minimum Gasteiger partial charge on any atom is -0.492 e. The molecular formula is C19H26N4O4. The first-order valence-electron chi connectivity index (χ1n) is 9.28. The van der Waals surface area contributed by atoms with Crippen molar-refractivity contribution in [2.75, 3.05) is 51.7 Å². The number of piperazine rings is 2. The molecule has 1 N–H and O–H groups in total. The second-order valence-electron chi connectivity index (χ2n) is 6.83. The van der Waals surface area contributed by atoms with Gasteiger partial charge in [-0.15, -0.1) is 0 Å². The molecule has 3 rings (SSSR count). The standard InChI is InChI=1S/C19H26N4O4/c1-3-27-16-7-5-4-6-14(16)20-17(24)8-9-22-10-11-23-15(12-22)19(26)21(2)13-18(23)25/h4-7,15H,3,8-13H2,1-2H3,(H,20,24)/t15-/m0/s1. The summed E-state index contributed by atoms with van der Waals surface area (Å²) in [6, 6.07) is 6.90. The van der Waals surface area contributed by atoms with Crippen LogP contribution in [0.4, 0.5) is 5.69 Å². The Morgan fingerprint density at radius 1 is 1.26 bits per heavy atom. The lowest BCUT2D eigenvalue weighted by Crippen LogP contribution is -2.66. The van der Waals surface area contributed by atoms with Crippen molar-refractivity contribution >= 4 is 23.4 Å². The fraction of sp³-hybridized carbons (Fsp3) is 0.526. The van der Waals surface area contributed by atoms with Gasteiger partial charge in [0, 0.05) is 39.6 Å². The van der Waals surface area contributed by atoms with Gasteiger partial charge in [0.05, 0.1) is 18.8 Å². The molecule has 0 unspecified atom stereocenters. The van der Waals surface area contributed by atoms with Crippen molar-refractivity contribution in [1.82, 2.24) is 14.7 Å². The molecule has 2 aliphatic heterocycles. The minimum absolute atomic E-state index is 0.00738. The molecule has 0 bridgehead atoms. The van der Waals surface area contributed by atoms with Crippen LogP contribution in [0.5, 0.6) is 5.75 Å². The SMILES string of the molecule is CCOc1ccccc1NC(=O)CCN1CCN2C(=O)CN(C)C(=O)[C@@H]2C1. The summed E-state index contributed by atoms with van der Waals surface area (Å²) in [6.45, 7) is 4.78. The number of ether oxygens (including phenoxy) is 1. The number of benzene rings is 1. The predicted molar refractivity (Wildman–Crippen MR) is 100 cm³/mol. The average Bonchev–Trinajstić information content (AvgIpc) is 2.66. The van der Waals surface area contributed by atoms with Crippen LogP contribution in [0, 0.1) is 0 Å². The van der Waals surface area contributed by atoms with Crippen molar-refractivity contribution in [2.45, 2.75) is 19.4 Å². The zero-order chi connectivity index (χ0) is 19.4. The van der Waals surface area contributed by atoms with Crippen LogP contribution in [0.3, 0.4) is 0 Å². The first-order chi connectivity index (χ1) is 13.0. The molecule has 0 spiro atoms. The molecule has 0 saturated carbocycles. The zero-order valence-corrected chi connectivity index (χ0v) is 15.8. The van der Waals surface area contributed by atoms with Gasteiger partial charge in [-0.05, 0) is 19.1 Å². The summed E-state index contributed by atoms with van der Waals surface area (Å²) >= 11 is 0. The number of carbonyl (C=O) groups is 3. The van der Waals surface area contributed by atoms with Crippen molar-refractivity contribution in [3.05, 3.63) is 24.3 Å². The number of carbonyl (C=O) groups excluding carboxylic acids is 3. The molecule has 2 aliphatic rings. The molecule has 1 atom stereocenters. The van der Waals surface area contributed by atoms with Crippen LogP contribution in [0.15, 0.2) is 24.3 Å². The number of rotatable bonds is 6. The first kappa shape index (κ1) is 19.2. The van der Waals surface area contributed by atoms with Gasteiger partial charge in [0.15, 0.2) is 0 Å². The highest BCUT2D eigenvalue weighted by Crippen LogP contribution is 2.24. The normalized spacial score (nSPS) is 20.4. The van der Waals surface area contributed by atoms with Crippen LogP contribution >= 0.6 is 0 Å². The average molecular weight is 374 g/mol. The van der Waals surface area contributed by atoms with Gasteiger partial charge in [0.2, 0.25) is 17.7 Å². The first-order valence-corrected chi connectivity index (χ1v) is 9.28. The highest BCUT2D eigenvalue weighted by molar-refractivity contribution is 5.95. The largest absolute Gasteiger partial charge is 0.492 e. The van der Waals surface area contributed by atoms with Crippen molar-refractivity contribution < 1.29 is 19.1 Å². The maximum Gasteiger partial charge on any atom is 0.246 e. The Kier molecular flexibility index (Phi) is 5.95. The molecule has 146 valence electrons. The van der Waals surface area contributed by atoms with Crippen LogP contribution in [0.25, 0.3) is 0 Å². The quantitative estimate of drug-likeness (QED) is 0.779. The lowest BCUT2D eigenvalue weighted by atomic mass is 10.1. The number of hydrogen-bond donors (Lipinski definition) is 1. The topological polar surface area (TPSA) is 82.2 Å². The van der Waals surface area contributed by atoms with Gasteiger partial charge in [0.1, 0.15) is 11.8 Å².